The van der Waals surface area contributed by atoms with Gasteiger partial charge in [0.1, 0.15) is 18.2 Å². The highest BCUT2D eigenvalue weighted by Gasteiger charge is 2.03. The van der Waals surface area contributed by atoms with Crippen LogP contribution in [0, 0.1) is 18.2 Å². The number of benzene rings is 2. The largest absolute Gasteiger partial charge is 0.488 e. The molecule has 0 amide bonds. The molecule has 1 nitrogen and oxygen atoms in total. The predicted molar refractivity (Wildman–Crippen MR) is 65.1 cm³/mol. The summed E-state index contributed by atoms with van der Waals surface area (Å²) in [5, 5.41) is 0. The molecule has 0 aliphatic rings. The van der Waals surface area contributed by atoms with Crippen LogP contribution < -0.4 is 4.74 Å². The van der Waals surface area contributed by atoms with Gasteiger partial charge in [-0.3, -0.25) is 0 Å². The Kier molecular flexibility index (Phi) is 3.42. The lowest BCUT2D eigenvalue weighted by Crippen LogP contribution is -1.97. The van der Waals surface area contributed by atoms with Gasteiger partial charge in [-0.25, -0.2) is 4.39 Å². The van der Waals surface area contributed by atoms with E-state index in [1.54, 1.807) is 6.07 Å². The molecule has 2 heteroatoms. The molecule has 0 aliphatic carbocycles. The third kappa shape index (κ3) is 2.85. The highest BCUT2D eigenvalue weighted by atomic mass is 19.1. The first-order valence-corrected chi connectivity index (χ1v) is 5.22. The average Bonchev–Trinajstić information content (AvgIpc) is 2.38. The minimum atomic E-state index is -0.356. The molecule has 0 aliphatic heterocycles. The fourth-order valence-corrected chi connectivity index (χ4v) is 1.48. The van der Waals surface area contributed by atoms with Gasteiger partial charge < -0.3 is 4.74 Å². The molecular formula is C15H11FO. The van der Waals surface area contributed by atoms with Crippen LogP contribution in [0.1, 0.15) is 11.1 Å². The molecule has 0 heterocycles. The zero-order chi connectivity index (χ0) is 12.1. The van der Waals surface area contributed by atoms with Crippen LogP contribution in [0.15, 0.2) is 48.5 Å². The third-order valence-electron chi connectivity index (χ3n) is 2.33. The summed E-state index contributed by atoms with van der Waals surface area (Å²) in [6, 6.07) is 13.9. The van der Waals surface area contributed by atoms with E-state index in [-0.39, 0.29) is 5.82 Å². The summed E-state index contributed by atoms with van der Waals surface area (Å²) in [6.45, 7) is 0.418. The zero-order valence-corrected chi connectivity index (χ0v) is 9.19. The minimum Gasteiger partial charge on any atom is -0.488 e. The Balaban J connectivity index is 2.12. The Morgan fingerprint density at radius 3 is 2.59 bits per heavy atom. The second-order valence-electron chi connectivity index (χ2n) is 3.56. The van der Waals surface area contributed by atoms with Crippen molar-refractivity contribution in [2.75, 3.05) is 0 Å². The van der Waals surface area contributed by atoms with E-state index >= 15 is 0 Å². The molecular weight excluding hydrogens is 215 g/mol. The fourth-order valence-electron chi connectivity index (χ4n) is 1.48. The van der Waals surface area contributed by atoms with Crippen molar-refractivity contribution < 1.29 is 9.13 Å². The minimum absolute atomic E-state index is 0.356. The van der Waals surface area contributed by atoms with Crippen molar-refractivity contribution in [3.8, 4) is 18.1 Å². The van der Waals surface area contributed by atoms with Crippen molar-refractivity contribution in [1.29, 1.82) is 0 Å². The second kappa shape index (κ2) is 5.18. The first kappa shape index (κ1) is 11.2. The van der Waals surface area contributed by atoms with Crippen LogP contribution in [0.4, 0.5) is 4.39 Å². The highest BCUT2D eigenvalue weighted by molar-refractivity contribution is 5.45. The van der Waals surface area contributed by atoms with Crippen molar-refractivity contribution in [3.05, 3.63) is 65.5 Å². The van der Waals surface area contributed by atoms with Crippen LogP contribution >= 0.6 is 0 Å². The van der Waals surface area contributed by atoms with Crippen LogP contribution in [0.25, 0.3) is 0 Å². The van der Waals surface area contributed by atoms with E-state index < -0.39 is 0 Å². The van der Waals surface area contributed by atoms with Gasteiger partial charge >= 0.3 is 0 Å². The number of halogens is 1. The summed E-state index contributed by atoms with van der Waals surface area (Å²) < 4.78 is 18.5. The van der Waals surface area contributed by atoms with E-state index in [1.165, 1.54) is 12.1 Å². The summed E-state index contributed by atoms with van der Waals surface area (Å²) in [5.41, 5.74) is 1.47. The quantitative estimate of drug-likeness (QED) is 0.729. The van der Waals surface area contributed by atoms with E-state index in [9.17, 15) is 4.39 Å². The number of rotatable bonds is 3. The molecule has 0 spiro atoms. The number of terminal acetylenes is 1. The molecule has 0 N–H and O–H groups in total. The van der Waals surface area contributed by atoms with E-state index in [4.69, 9.17) is 11.2 Å². The van der Waals surface area contributed by atoms with Gasteiger partial charge in [-0.2, -0.15) is 0 Å². The van der Waals surface area contributed by atoms with E-state index in [0.717, 1.165) is 5.56 Å². The summed E-state index contributed by atoms with van der Waals surface area (Å²) >= 11 is 0. The third-order valence-corrected chi connectivity index (χ3v) is 2.33. The van der Waals surface area contributed by atoms with E-state index in [1.807, 2.05) is 30.3 Å². The Morgan fingerprint density at radius 1 is 1.12 bits per heavy atom. The standard InChI is InChI=1S/C15H11FO/c1-2-13-10-14(16)8-9-15(13)17-11-12-6-4-3-5-7-12/h1,3-10H,11H2. The maximum atomic E-state index is 12.9. The first-order valence-electron chi connectivity index (χ1n) is 5.22. The Morgan fingerprint density at radius 2 is 1.88 bits per heavy atom. The summed E-state index contributed by atoms with van der Waals surface area (Å²) in [5.74, 6) is 2.58. The van der Waals surface area contributed by atoms with Crippen molar-refractivity contribution in [2.24, 2.45) is 0 Å². The monoisotopic (exact) mass is 226 g/mol. The average molecular weight is 226 g/mol. The van der Waals surface area contributed by atoms with Gasteiger partial charge in [0.25, 0.3) is 0 Å². The van der Waals surface area contributed by atoms with Crippen LogP contribution in [0.5, 0.6) is 5.75 Å². The van der Waals surface area contributed by atoms with E-state index in [0.29, 0.717) is 17.9 Å². The van der Waals surface area contributed by atoms with Gasteiger partial charge in [-0.1, -0.05) is 36.3 Å². The van der Waals surface area contributed by atoms with Crippen molar-refractivity contribution in [3.63, 3.8) is 0 Å². The molecule has 2 aromatic rings. The van der Waals surface area contributed by atoms with Crippen LogP contribution in [-0.2, 0) is 6.61 Å². The summed E-state index contributed by atoms with van der Waals surface area (Å²) in [7, 11) is 0. The number of ether oxygens (including phenoxy) is 1. The smallest absolute Gasteiger partial charge is 0.135 e. The summed E-state index contributed by atoms with van der Waals surface area (Å²) in [6.07, 6.45) is 5.29. The van der Waals surface area contributed by atoms with Gasteiger partial charge in [-0.15, -0.1) is 6.42 Å². The lowest BCUT2D eigenvalue weighted by atomic mass is 10.2. The number of hydrogen-bond donors (Lipinski definition) is 0. The van der Waals surface area contributed by atoms with Crippen molar-refractivity contribution in [2.45, 2.75) is 6.61 Å². The van der Waals surface area contributed by atoms with Gasteiger partial charge in [0.15, 0.2) is 0 Å². The highest BCUT2D eigenvalue weighted by Crippen LogP contribution is 2.19. The van der Waals surface area contributed by atoms with Gasteiger partial charge in [0.05, 0.1) is 5.56 Å². The molecule has 84 valence electrons. The Hall–Kier alpha value is -2.27. The summed E-state index contributed by atoms with van der Waals surface area (Å²) in [4.78, 5) is 0. The van der Waals surface area contributed by atoms with Crippen molar-refractivity contribution >= 4 is 0 Å². The molecule has 0 aromatic heterocycles. The topological polar surface area (TPSA) is 9.23 Å². The van der Waals surface area contributed by atoms with Crippen LogP contribution in [0.2, 0.25) is 0 Å². The lowest BCUT2D eigenvalue weighted by Gasteiger charge is -2.08. The first-order chi connectivity index (χ1) is 8.29. The maximum Gasteiger partial charge on any atom is 0.135 e. The molecule has 2 aromatic carbocycles. The molecule has 0 saturated carbocycles. The molecule has 0 unspecified atom stereocenters. The molecule has 0 fully saturated rings. The van der Waals surface area contributed by atoms with Gasteiger partial charge in [0.2, 0.25) is 0 Å². The lowest BCUT2D eigenvalue weighted by molar-refractivity contribution is 0.305. The van der Waals surface area contributed by atoms with Gasteiger partial charge in [-0.05, 0) is 23.8 Å². The molecule has 2 rings (SSSR count). The SMILES string of the molecule is C#Cc1cc(F)ccc1OCc1ccccc1. The predicted octanol–water partition coefficient (Wildman–Crippen LogP) is 3.39. The number of hydrogen-bond acceptors (Lipinski definition) is 1. The van der Waals surface area contributed by atoms with Gasteiger partial charge in [0, 0.05) is 0 Å². The Bertz CT molecular complexity index is 541. The maximum absolute atomic E-state index is 12.9. The van der Waals surface area contributed by atoms with E-state index in [2.05, 4.69) is 5.92 Å². The molecule has 0 atom stereocenters. The van der Waals surface area contributed by atoms with Crippen LogP contribution in [-0.4, -0.2) is 0 Å². The van der Waals surface area contributed by atoms with Crippen molar-refractivity contribution in [1.82, 2.24) is 0 Å². The fraction of sp³-hybridized carbons (Fsp3) is 0.0667. The zero-order valence-electron chi connectivity index (χ0n) is 9.19. The normalized spacial score (nSPS) is 9.65. The Labute approximate surface area is 99.9 Å². The van der Waals surface area contributed by atoms with Crippen LogP contribution in [0.3, 0.4) is 0 Å². The second-order valence-corrected chi connectivity index (χ2v) is 3.56. The molecule has 0 bridgehead atoms. The molecule has 17 heavy (non-hydrogen) atoms. The molecule has 0 saturated heterocycles. The molecule has 0 radical (unpaired) electrons.